The number of hydrogen-bond donors (Lipinski definition) is 0. The third-order valence-electron chi connectivity index (χ3n) is 3.08. The second-order valence-corrected chi connectivity index (χ2v) is 3.98. The molecule has 68 valence electrons. The van der Waals surface area contributed by atoms with Crippen LogP contribution in [0.1, 0.15) is 27.7 Å². The molecule has 0 aromatic heterocycles. The lowest BCUT2D eigenvalue weighted by molar-refractivity contribution is 0.368. The van der Waals surface area contributed by atoms with Gasteiger partial charge in [-0.2, -0.15) is 0 Å². The van der Waals surface area contributed by atoms with Gasteiger partial charge in [-0.1, -0.05) is 0 Å². The average Bonchev–Trinajstić information content (AvgIpc) is 2.16. The molecule has 0 fully saturated rings. The average molecular weight is 165 g/mol. The highest BCUT2D eigenvalue weighted by Crippen LogP contribution is 2.33. The molecule has 0 heterocycles. The first-order chi connectivity index (χ1) is 5.46. The topological polar surface area (TPSA) is 3.24 Å². The zero-order valence-electron chi connectivity index (χ0n) is 9.02. The quantitative estimate of drug-likeness (QED) is 0.577. The van der Waals surface area contributed by atoms with Crippen LogP contribution in [-0.4, -0.2) is 25.0 Å². The van der Waals surface area contributed by atoms with Crippen LogP contribution in [0, 0.1) is 0 Å². The van der Waals surface area contributed by atoms with Gasteiger partial charge in [-0.05, 0) is 64.1 Å². The summed E-state index contributed by atoms with van der Waals surface area (Å²) < 4.78 is 0. The predicted molar refractivity (Wildman–Crippen MR) is 54.2 cm³/mol. The lowest BCUT2D eigenvalue weighted by Crippen LogP contribution is -2.28. The zero-order chi connectivity index (χ0) is 9.46. The molecular formula is C11H19N. The lowest BCUT2D eigenvalue weighted by atomic mass is 10.1. The zero-order valence-corrected chi connectivity index (χ0v) is 9.02. The molecule has 1 aliphatic rings. The molecular weight excluding hydrogens is 146 g/mol. The summed E-state index contributed by atoms with van der Waals surface area (Å²) in [5, 5.41) is 0. The van der Waals surface area contributed by atoms with Crippen LogP contribution in [0.2, 0.25) is 0 Å². The van der Waals surface area contributed by atoms with E-state index in [9.17, 15) is 0 Å². The van der Waals surface area contributed by atoms with Crippen molar-refractivity contribution in [3.05, 3.63) is 22.3 Å². The molecule has 0 bridgehead atoms. The molecule has 1 rings (SSSR count). The van der Waals surface area contributed by atoms with Gasteiger partial charge in [0.05, 0.1) is 6.04 Å². The number of nitrogens with zero attached hydrogens (tertiary/aromatic N) is 1. The van der Waals surface area contributed by atoms with E-state index in [2.05, 4.69) is 46.7 Å². The predicted octanol–water partition coefficient (Wildman–Crippen LogP) is 2.60. The highest BCUT2D eigenvalue weighted by molar-refractivity contribution is 5.48. The fourth-order valence-corrected chi connectivity index (χ4v) is 2.10. The van der Waals surface area contributed by atoms with Gasteiger partial charge in [-0.15, -0.1) is 0 Å². The van der Waals surface area contributed by atoms with Crippen molar-refractivity contribution in [1.82, 2.24) is 4.90 Å². The van der Waals surface area contributed by atoms with Crippen molar-refractivity contribution in [2.45, 2.75) is 33.7 Å². The van der Waals surface area contributed by atoms with Gasteiger partial charge in [-0.25, -0.2) is 0 Å². The van der Waals surface area contributed by atoms with Gasteiger partial charge in [0.2, 0.25) is 0 Å². The molecule has 0 N–H and O–H groups in total. The molecule has 0 saturated carbocycles. The van der Waals surface area contributed by atoms with Crippen molar-refractivity contribution in [3.8, 4) is 0 Å². The highest BCUT2D eigenvalue weighted by Gasteiger charge is 2.25. The molecule has 12 heavy (non-hydrogen) atoms. The molecule has 0 radical (unpaired) electrons. The summed E-state index contributed by atoms with van der Waals surface area (Å²) in [4.78, 5) is 2.28. The summed E-state index contributed by atoms with van der Waals surface area (Å²) in [6.07, 6.45) is 0. The fraction of sp³-hybridized carbons (Fsp3) is 0.636. The maximum absolute atomic E-state index is 2.28. The molecule has 0 saturated heterocycles. The Hall–Kier alpha value is -0.560. The summed E-state index contributed by atoms with van der Waals surface area (Å²) >= 11 is 0. The fourth-order valence-electron chi connectivity index (χ4n) is 2.10. The molecule has 0 amide bonds. The number of hydrogen-bond acceptors (Lipinski definition) is 1. The maximum atomic E-state index is 2.28. The highest BCUT2D eigenvalue weighted by atomic mass is 15.1. The molecule has 0 aromatic rings. The third-order valence-corrected chi connectivity index (χ3v) is 3.08. The Bertz CT molecular complexity index is 232. The molecule has 0 unspecified atom stereocenters. The first-order valence-electron chi connectivity index (χ1n) is 4.48. The largest absolute Gasteiger partial charge is 0.299 e. The van der Waals surface area contributed by atoms with E-state index in [1.54, 1.807) is 0 Å². The second kappa shape index (κ2) is 3.06. The summed E-state index contributed by atoms with van der Waals surface area (Å²) in [6, 6.07) is 0.546. The smallest absolute Gasteiger partial charge is 0.0521 e. The van der Waals surface area contributed by atoms with E-state index >= 15 is 0 Å². The second-order valence-electron chi connectivity index (χ2n) is 3.98. The van der Waals surface area contributed by atoms with Crippen molar-refractivity contribution in [2.75, 3.05) is 14.1 Å². The van der Waals surface area contributed by atoms with Gasteiger partial charge in [0.1, 0.15) is 0 Å². The molecule has 1 aliphatic carbocycles. The number of rotatable bonds is 1. The van der Waals surface area contributed by atoms with Crippen LogP contribution in [-0.2, 0) is 0 Å². The minimum Gasteiger partial charge on any atom is -0.299 e. The third kappa shape index (κ3) is 1.22. The van der Waals surface area contributed by atoms with Crippen LogP contribution in [0.25, 0.3) is 0 Å². The van der Waals surface area contributed by atoms with Gasteiger partial charge < -0.3 is 0 Å². The van der Waals surface area contributed by atoms with Gasteiger partial charge in [0, 0.05) is 0 Å². The molecule has 0 aliphatic heterocycles. The van der Waals surface area contributed by atoms with Crippen LogP contribution in [0.4, 0.5) is 0 Å². The molecule has 1 nitrogen and oxygen atoms in total. The van der Waals surface area contributed by atoms with Crippen LogP contribution >= 0.6 is 0 Å². The van der Waals surface area contributed by atoms with Crippen molar-refractivity contribution in [2.24, 2.45) is 0 Å². The van der Waals surface area contributed by atoms with E-state index in [0.717, 1.165) is 0 Å². The standard InChI is InChI=1S/C11H19N/c1-7-8(2)10(4)11(9(7)3)12(5)6/h11H,1-6H3. The number of allylic oxidation sites excluding steroid dienone is 2. The Morgan fingerprint density at radius 3 is 1.33 bits per heavy atom. The Balaban J connectivity index is 3.08. The number of likely N-dealkylation sites (N-methyl/N-ethyl adjacent to an activating group) is 1. The maximum Gasteiger partial charge on any atom is 0.0521 e. The monoisotopic (exact) mass is 165 g/mol. The van der Waals surface area contributed by atoms with E-state index in [0.29, 0.717) is 6.04 Å². The van der Waals surface area contributed by atoms with E-state index in [1.807, 2.05) is 0 Å². The van der Waals surface area contributed by atoms with Gasteiger partial charge >= 0.3 is 0 Å². The first-order valence-corrected chi connectivity index (χ1v) is 4.48. The van der Waals surface area contributed by atoms with Crippen molar-refractivity contribution in [3.63, 3.8) is 0 Å². The van der Waals surface area contributed by atoms with Gasteiger partial charge in [0.15, 0.2) is 0 Å². The molecule has 0 aromatic carbocycles. The minimum atomic E-state index is 0.546. The van der Waals surface area contributed by atoms with Crippen LogP contribution in [0.3, 0.4) is 0 Å². The van der Waals surface area contributed by atoms with E-state index < -0.39 is 0 Å². The first kappa shape index (κ1) is 9.53. The normalized spacial score (nSPS) is 20.2. The van der Waals surface area contributed by atoms with Crippen molar-refractivity contribution >= 4 is 0 Å². The SMILES string of the molecule is CC1=C(C)C(N(C)C)C(C)=C1C. The summed E-state index contributed by atoms with van der Waals surface area (Å²) in [5.41, 5.74) is 5.97. The van der Waals surface area contributed by atoms with E-state index in [4.69, 9.17) is 0 Å². The lowest BCUT2D eigenvalue weighted by Gasteiger charge is -2.23. The molecule has 1 heteroatoms. The summed E-state index contributed by atoms with van der Waals surface area (Å²) in [5.74, 6) is 0. The van der Waals surface area contributed by atoms with Crippen molar-refractivity contribution < 1.29 is 0 Å². The van der Waals surface area contributed by atoms with Gasteiger partial charge in [0.25, 0.3) is 0 Å². The van der Waals surface area contributed by atoms with E-state index in [-0.39, 0.29) is 0 Å². The Morgan fingerprint density at radius 2 is 1.17 bits per heavy atom. The van der Waals surface area contributed by atoms with Gasteiger partial charge in [-0.3, -0.25) is 4.90 Å². The molecule has 0 spiro atoms. The van der Waals surface area contributed by atoms with Crippen LogP contribution in [0.5, 0.6) is 0 Å². The Kier molecular flexibility index (Phi) is 2.43. The van der Waals surface area contributed by atoms with Crippen molar-refractivity contribution in [1.29, 1.82) is 0 Å². The van der Waals surface area contributed by atoms with Crippen LogP contribution in [0.15, 0.2) is 22.3 Å². The summed E-state index contributed by atoms with van der Waals surface area (Å²) in [7, 11) is 4.28. The molecule has 0 atom stereocenters. The summed E-state index contributed by atoms with van der Waals surface area (Å²) in [6.45, 7) is 8.91. The Morgan fingerprint density at radius 1 is 0.833 bits per heavy atom. The van der Waals surface area contributed by atoms with Crippen LogP contribution < -0.4 is 0 Å². The van der Waals surface area contributed by atoms with E-state index in [1.165, 1.54) is 22.3 Å². The minimum absolute atomic E-state index is 0.546. The Labute approximate surface area is 75.8 Å².